The number of piperidine rings is 1. The number of nitro benzene ring substituents is 1. The van der Waals surface area contributed by atoms with Crippen molar-refractivity contribution in [2.45, 2.75) is 19.0 Å². The molecule has 1 aliphatic rings. The quantitative estimate of drug-likeness (QED) is 0.686. The monoisotopic (exact) mass is 304 g/mol. The number of halogens is 3. The zero-order valence-electron chi connectivity index (χ0n) is 11.2. The van der Waals surface area contributed by atoms with E-state index in [9.17, 15) is 23.3 Å². The van der Waals surface area contributed by atoms with Crippen molar-refractivity contribution >= 4 is 5.69 Å². The molecule has 0 radical (unpaired) electrons. The first-order valence-electron chi connectivity index (χ1n) is 6.57. The van der Waals surface area contributed by atoms with Crippen LogP contribution in [-0.2, 0) is 6.18 Å². The van der Waals surface area contributed by atoms with Crippen LogP contribution in [0.1, 0.15) is 18.4 Å². The Morgan fingerprint density at radius 2 is 2.00 bits per heavy atom. The van der Waals surface area contributed by atoms with E-state index in [0.717, 1.165) is 32.0 Å². The molecule has 1 aromatic carbocycles. The molecule has 0 bridgehead atoms. The van der Waals surface area contributed by atoms with Crippen LogP contribution < -0.4 is 10.1 Å². The molecule has 116 valence electrons. The Morgan fingerprint density at radius 1 is 1.33 bits per heavy atom. The van der Waals surface area contributed by atoms with Gasteiger partial charge in [0.25, 0.3) is 0 Å². The zero-order chi connectivity index (χ0) is 15.5. The van der Waals surface area contributed by atoms with Gasteiger partial charge in [-0.25, -0.2) is 0 Å². The number of ether oxygens (including phenoxy) is 1. The zero-order valence-corrected chi connectivity index (χ0v) is 11.2. The Balaban J connectivity index is 2.16. The Morgan fingerprint density at radius 3 is 2.57 bits per heavy atom. The van der Waals surface area contributed by atoms with Crippen molar-refractivity contribution in [1.29, 1.82) is 0 Å². The number of hydrogen-bond acceptors (Lipinski definition) is 4. The van der Waals surface area contributed by atoms with Crippen LogP contribution in [0.4, 0.5) is 18.9 Å². The summed E-state index contributed by atoms with van der Waals surface area (Å²) in [5.74, 6) is -0.131. The molecule has 0 aromatic heterocycles. The van der Waals surface area contributed by atoms with Gasteiger partial charge in [-0.05, 0) is 44.0 Å². The van der Waals surface area contributed by atoms with E-state index in [1.165, 1.54) is 0 Å². The van der Waals surface area contributed by atoms with Crippen LogP contribution in [0.3, 0.4) is 0 Å². The highest BCUT2D eigenvalue weighted by molar-refractivity contribution is 5.49. The van der Waals surface area contributed by atoms with Crippen molar-refractivity contribution in [3.05, 3.63) is 33.9 Å². The van der Waals surface area contributed by atoms with Crippen LogP contribution >= 0.6 is 0 Å². The minimum absolute atomic E-state index is 0.184. The third-order valence-electron chi connectivity index (χ3n) is 3.42. The molecule has 0 aliphatic carbocycles. The van der Waals surface area contributed by atoms with E-state index in [0.29, 0.717) is 12.1 Å². The first kappa shape index (κ1) is 15.6. The highest BCUT2D eigenvalue weighted by atomic mass is 19.4. The molecule has 0 amide bonds. The third-order valence-corrected chi connectivity index (χ3v) is 3.42. The molecule has 1 saturated heterocycles. The summed E-state index contributed by atoms with van der Waals surface area (Å²) >= 11 is 0. The van der Waals surface area contributed by atoms with Crippen LogP contribution in [0.5, 0.6) is 5.75 Å². The van der Waals surface area contributed by atoms with Crippen LogP contribution in [0.15, 0.2) is 18.2 Å². The number of nitro groups is 1. The van der Waals surface area contributed by atoms with Crippen LogP contribution in [0, 0.1) is 16.0 Å². The molecule has 8 heteroatoms. The van der Waals surface area contributed by atoms with Gasteiger partial charge in [-0.3, -0.25) is 10.1 Å². The maximum absolute atomic E-state index is 12.7. The normalized spacial score (nSPS) is 16.7. The SMILES string of the molecule is O=[N+]([O-])c1ccc(C(F)(F)F)cc1OCC1CCNCC1. The van der Waals surface area contributed by atoms with E-state index in [4.69, 9.17) is 4.74 Å². The smallest absolute Gasteiger partial charge is 0.416 e. The minimum atomic E-state index is -4.55. The molecule has 0 unspecified atom stereocenters. The summed E-state index contributed by atoms with van der Waals surface area (Å²) < 4.78 is 43.3. The Bertz CT molecular complexity index is 514. The van der Waals surface area contributed by atoms with Gasteiger partial charge in [0.1, 0.15) is 0 Å². The summed E-state index contributed by atoms with van der Waals surface area (Å²) in [6.07, 6.45) is -2.87. The molecule has 1 heterocycles. The molecule has 21 heavy (non-hydrogen) atoms. The van der Waals surface area contributed by atoms with Gasteiger partial charge in [0.15, 0.2) is 5.75 Å². The summed E-state index contributed by atoms with van der Waals surface area (Å²) in [6.45, 7) is 1.82. The molecule has 1 aromatic rings. The summed E-state index contributed by atoms with van der Waals surface area (Å²) in [7, 11) is 0. The van der Waals surface area contributed by atoms with E-state index < -0.39 is 22.4 Å². The Labute approximate surface area is 119 Å². The molecular formula is C13H15F3N2O3. The van der Waals surface area contributed by atoms with Crippen LogP contribution in [-0.4, -0.2) is 24.6 Å². The van der Waals surface area contributed by atoms with E-state index in [1.807, 2.05) is 0 Å². The number of hydrogen-bond donors (Lipinski definition) is 1. The van der Waals surface area contributed by atoms with Crippen molar-refractivity contribution in [3.8, 4) is 5.75 Å². The van der Waals surface area contributed by atoms with Crippen molar-refractivity contribution in [2.24, 2.45) is 5.92 Å². The van der Waals surface area contributed by atoms with Gasteiger partial charge in [-0.1, -0.05) is 0 Å². The second-order valence-corrected chi connectivity index (χ2v) is 4.94. The van der Waals surface area contributed by atoms with E-state index >= 15 is 0 Å². The number of rotatable bonds is 4. The molecule has 5 nitrogen and oxygen atoms in total. The molecular weight excluding hydrogens is 289 g/mol. The van der Waals surface area contributed by atoms with Crippen LogP contribution in [0.25, 0.3) is 0 Å². The second-order valence-electron chi connectivity index (χ2n) is 4.94. The largest absolute Gasteiger partial charge is 0.487 e. The maximum atomic E-state index is 12.7. The highest BCUT2D eigenvalue weighted by Crippen LogP contribution is 2.36. The lowest BCUT2D eigenvalue weighted by molar-refractivity contribution is -0.386. The lowest BCUT2D eigenvalue weighted by atomic mass is 9.99. The van der Waals surface area contributed by atoms with Gasteiger partial charge in [0.05, 0.1) is 17.1 Å². The number of nitrogens with zero attached hydrogens (tertiary/aromatic N) is 1. The van der Waals surface area contributed by atoms with Gasteiger partial charge >= 0.3 is 11.9 Å². The predicted octanol–water partition coefficient (Wildman–Crippen LogP) is 2.99. The van der Waals surface area contributed by atoms with Crippen molar-refractivity contribution in [2.75, 3.05) is 19.7 Å². The van der Waals surface area contributed by atoms with Gasteiger partial charge in [0.2, 0.25) is 0 Å². The average Bonchev–Trinajstić information content (AvgIpc) is 2.45. The Kier molecular flexibility index (Phi) is 4.66. The van der Waals surface area contributed by atoms with Gasteiger partial charge < -0.3 is 10.1 Å². The standard InChI is InChI=1S/C13H15F3N2O3/c14-13(15,16)10-1-2-11(18(19)20)12(7-10)21-8-9-3-5-17-6-4-9/h1-2,7,9,17H,3-6,8H2. The summed E-state index contributed by atoms with van der Waals surface area (Å²) in [5, 5.41) is 14.0. The number of alkyl halides is 3. The molecule has 1 aliphatic heterocycles. The highest BCUT2D eigenvalue weighted by Gasteiger charge is 2.33. The molecule has 1 fully saturated rings. The average molecular weight is 304 g/mol. The fraction of sp³-hybridized carbons (Fsp3) is 0.538. The van der Waals surface area contributed by atoms with Gasteiger partial charge in [0, 0.05) is 6.07 Å². The second kappa shape index (κ2) is 6.30. The maximum Gasteiger partial charge on any atom is 0.416 e. The minimum Gasteiger partial charge on any atom is -0.487 e. The Hall–Kier alpha value is -1.83. The first-order valence-corrected chi connectivity index (χ1v) is 6.57. The lowest BCUT2D eigenvalue weighted by Gasteiger charge is -2.22. The molecule has 0 saturated carbocycles. The van der Waals surface area contributed by atoms with E-state index in [2.05, 4.69) is 5.32 Å². The number of nitrogens with one attached hydrogen (secondary N) is 1. The lowest BCUT2D eigenvalue weighted by Crippen LogP contribution is -2.30. The first-order chi connectivity index (χ1) is 9.88. The molecule has 0 spiro atoms. The van der Waals surface area contributed by atoms with Crippen molar-refractivity contribution in [1.82, 2.24) is 5.32 Å². The van der Waals surface area contributed by atoms with Gasteiger partial charge in [-0.15, -0.1) is 0 Å². The molecule has 2 rings (SSSR count). The van der Waals surface area contributed by atoms with Crippen molar-refractivity contribution < 1.29 is 22.8 Å². The van der Waals surface area contributed by atoms with Crippen LogP contribution in [0.2, 0.25) is 0 Å². The molecule has 0 atom stereocenters. The summed E-state index contributed by atoms with van der Waals surface area (Å²) in [6, 6.07) is 2.22. The summed E-state index contributed by atoms with van der Waals surface area (Å²) in [5.41, 5.74) is -1.40. The topological polar surface area (TPSA) is 64.4 Å². The fourth-order valence-electron chi connectivity index (χ4n) is 2.21. The fourth-order valence-corrected chi connectivity index (χ4v) is 2.21. The van der Waals surface area contributed by atoms with E-state index in [1.54, 1.807) is 0 Å². The van der Waals surface area contributed by atoms with Gasteiger partial charge in [-0.2, -0.15) is 13.2 Å². The van der Waals surface area contributed by atoms with E-state index in [-0.39, 0.29) is 18.3 Å². The number of benzene rings is 1. The molecule has 1 N–H and O–H groups in total. The third kappa shape index (κ3) is 4.07. The summed E-state index contributed by atoms with van der Waals surface area (Å²) in [4.78, 5) is 10.1. The predicted molar refractivity (Wildman–Crippen MR) is 69.2 cm³/mol. The van der Waals surface area contributed by atoms with Crippen molar-refractivity contribution in [3.63, 3.8) is 0 Å².